The zero-order valence-electron chi connectivity index (χ0n) is 23.7. The first kappa shape index (κ1) is 38.7. The van der Waals surface area contributed by atoms with Crippen molar-refractivity contribution in [3.05, 3.63) is 24.3 Å². The number of thiol groups is 1. The van der Waals surface area contributed by atoms with Crippen molar-refractivity contribution in [2.45, 2.75) is 6.42 Å². The SMILES string of the molecule is O=C([O-])CN1CCN(CC(=O)[O-])CCN(c2ccc(OCC(=O)NCCCNC(=O)S)cc2)CCN(CC(=O)[O-])CC1.[Tb+3]. The van der Waals surface area contributed by atoms with Gasteiger partial charge in [0.15, 0.2) is 6.61 Å². The van der Waals surface area contributed by atoms with Crippen molar-refractivity contribution in [3.63, 3.8) is 0 Å². The summed E-state index contributed by atoms with van der Waals surface area (Å²) in [5.74, 6) is -3.66. The molecule has 0 aromatic heterocycles. The Labute approximate surface area is 286 Å². The molecule has 1 fully saturated rings. The molecule has 17 heteroatoms. The summed E-state index contributed by atoms with van der Waals surface area (Å²) in [5, 5.41) is 38.7. The molecule has 43 heavy (non-hydrogen) atoms. The summed E-state index contributed by atoms with van der Waals surface area (Å²) >= 11 is 3.59. The number of nitrogens with zero attached hydrogens (tertiary/aromatic N) is 4. The van der Waals surface area contributed by atoms with Gasteiger partial charge in [-0.25, -0.2) is 0 Å². The molecule has 1 aliphatic heterocycles. The predicted octanol–water partition coefficient (Wildman–Crippen LogP) is -4.81. The van der Waals surface area contributed by atoms with Gasteiger partial charge >= 0.3 is 38.6 Å². The van der Waals surface area contributed by atoms with Gasteiger partial charge in [0.25, 0.3) is 11.1 Å². The number of carboxylic acids is 3. The van der Waals surface area contributed by atoms with Gasteiger partial charge in [-0.2, -0.15) is 0 Å². The van der Waals surface area contributed by atoms with Gasteiger partial charge in [0, 0.05) is 90.8 Å². The van der Waals surface area contributed by atoms with Gasteiger partial charge in [-0.15, -0.1) is 0 Å². The Morgan fingerprint density at radius 1 is 0.698 bits per heavy atom. The van der Waals surface area contributed by atoms with Crippen LogP contribution in [0.3, 0.4) is 0 Å². The van der Waals surface area contributed by atoms with E-state index in [4.69, 9.17) is 4.74 Å². The number of amides is 2. The Morgan fingerprint density at radius 2 is 1.12 bits per heavy atom. The van der Waals surface area contributed by atoms with E-state index in [1.165, 1.54) is 0 Å². The van der Waals surface area contributed by atoms with Crippen molar-refractivity contribution in [3.8, 4) is 5.75 Å². The first-order valence-electron chi connectivity index (χ1n) is 13.5. The monoisotopic (exact) mass is 768 g/mol. The Kier molecular flexibility index (Phi) is 19.3. The minimum atomic E-state index is -1.28. The number of anilines is 1. The summed E-state index contributed by atoms with van der Waals surface area (Å²) in [7, 11) is 0. The second-order valence-electron chi connectivity index (χ2n) is 9.65. The van der Waals surface area contributed by atoms with E-state index in [2.05, 4.69) is 23.3 Å². The van der Waals surface area contributed by atoms with E-state index in [1.54, 1.807) is 39.0 Å². The molecule has 240 valence electrons. The maximum absolute atomic E-state index is 12.0. The number of ether oxygens (including phenoxy) is 1. The number of benzene rings is 1. The molecule has 2 N–H and O–H groups in total. The van der Waals surface area contributed by atoms with E-state index < -0.39 is 23.1 Å². The second kappa shape index (κ2) is 21.4. The normalized spacial score (nSPS) is 15.7. The van der Waals surface area contributed by atoms with Gasteiger partial charge < -0.3 is 50.0 Å². The molecule has 0 unspecified atom stereocenters. The molecule has 0 radical (unpaired) electrons. The molecule has 2 rings (SSSR count). The van der Waals surface area contributed by atoms with Crippen LogP contribution < -0.4 is 35.6 Å². The molecule has 1 aliphatic rings. The third kappa shape index (κ3) is 17.5. The molecule has 0 spiro atoms. The number of hydrogen-bond donors (Lipinski definition) is 3. The quantitative estimate of drug-likeness (QED) is 0.121. The fourth-order valence-electron chi connectivity index (χ4n) is 4.28. The van der Waals surface area contributed by atoms with Gasteiger partial charge in [-0.3, -0.25) is 24.3 Å². The van der Waals surface area contributed by atoms with E-state index in [0.717, 1.165) is 5.69 Å². The van der Waals surface area contributed by atoms with Crippen LogP contribution in [-0.2, 0) is 19.2 Å². The Bertz CT molecular complexity index is 1020. The van der Waals surface area contributed by atoms with E-state index in [9.17, 15) is 39.3 Å². The largest absolute Gasteiger partial charge is 3.00 e. The zero-order chi connectivity index (χ0) is 30.9. The summed E-state index contributed by atoms with van der Waals surface area (Å²) in [5.41, 5.74) is 0.774. The number of carbonyl (C=O) groups is 5. The molecule has 0 saturated carbocycles. The minimum Gasteiger partial charge on any atom is -0.549 e. The Hall–Kier alpha value is -2.31. The van der Waals surface area contributed by atoms with Crippen LogP contribution >= 0.6 is 12.6 Å². The molecule has 2 amide bonds. The molecule has 1 saturated heterocycles. The molecule has 15 nitrogen and oxygen atoms in total. The molecular weight excluding hydrogens is 731 g/mol. The van der Waals surface area contributed by atoms with Gasteiger partial charge in [-0.1, -0.05) is 12.6 Å². The summed E-state index contributed by atoms with van der Waals surface area (Å²) in [4.78, 5) is 63.5. The van der Waals surface area contributed by atoms with E-state index in [-0.39, 0.29) is 96.9 Å². The van der Waals surface area contributed by atoms with E-state index in [0.29, 0.717) is 51.4 Å². The van der Waals surface area contributed by atoms with Gasteiger partial charge in [0.2, 0.25) is 0 Å². The zero-order valence-corrected chi connectivity index (χ0v) is 26.7. The first-order chi connectivity index (χ1) is 20.0. The Balaban J connectivity index is 0.00000924. The molecular formula is C26H37N6O9STb. The van der Waals surface area contributed by atoms with Crippen LogP contribution in [-0.4, -0.2) is 135 Å². The van der Waals surface area contributed by atoms with Crippen molar-refractivity contribution in [1.29, 1.82) is 0 Å². The fraction of sp³-hybridized carbons (Fsp3) is 0.577. The van der Waals surface area contributed by atoms with Crippen LogP contribution in [0.25, 0.3) is 0 Å². The molecule has 1 aromatic carbocycles. The third-order valence-corrected chi connectivity index (χ3v) is 6.58. The smallest absolute Gasteiger partial charge is 0.549 e. The summed E-state index contributed by atoms with van der Waals surface area (Å²) < 4.78 is 5.55. The summed E-state index contributed by atoms with van der Waals surface area (Å²) in [6, 6.07) is 6.95. The van der Waals surface area contributed by atoms with Crippen molar-refractivity contribution >= 4 is 47.4 Å². The number of aliphatic carboxylic acids is 3. The average Bonchev–Trinajstić information content (AvgIpc) is 2.91. The van der Waals surface area contributed by atoms with Gasteiger partial charge in [-0.05, 0) is 30.7 Å². The predicted molar refractivity (Wildman–Crippen MR) is 149 cm³/mol. The topological polar surface area (TPSA) is 201 Å². The van der Waals surface area contributed by atoms with Crippen LogP contribution in [0.15, 0.2) is 24.3 Å². The molecule has 0 aliphatic carbocycles. The van der Waals surface area contributed by atoms with Crippen LogP contribution in [0.1, 0.15) is 6.42 Å². The molecule has 0 bridgehead atoms. The van der Waals surface area contributed by atoms with Gasteiger partial charge in [0.05, 0.1) is 17.9 Å². The minimum absolute atomic E-state index is 0. The number of carbonyl (C=O) groups excluding carboxylic acids is 5. The third-order valence-electron chi connectivity index (χ3n) is 6.42. The van der Waals surface area contributed by atoms with Crippen molar-refractivity contribution in [2.24, 2.45) is 0 Å². The maximum atomic E-state index is 12.0. The maximum Gasteiger partial charge on any atom is 3.00 e. The number of rotatable bonds is 14. The molecule has 1 heterocycles. The van der Waals surface area contributed by atoms with Crippen LogP contribution in [0.5, 0.6) is 5.75 Å². The van der Waals surface area contributed by atoms with Crippen LogP contribution in [0.2, 0.25) is 0 Å². The Morgan fingerprint density at radius 3 is 1.53 bits per heavy atom. The molecule has 1 aromatic rings. The second-order valence-corrected chi connectivity index (χ2v) is 10.1. The van der Waals surface area contributed by atoms with E-state index in [1.807, 2.05) is 4.90 Å². The van der Waals surface area contributed by atoms with Crippen molar-refractivity contribution < 1.29 is 82.6 Å². The van der Waals surface area contributed by atoms with Gasteiger partial charge in [0.1, 0.15) is 5.75 Å². The average molecular weight is 769 g/mol. The number of hydrogen-bond acceptors (Lipinski definition) is 13. The fourth-order valence-corrected chi connectivity index (χ4v) is 4.39. The number of nitrogens with one attached hydrogen (secondary N) is 2. The standard InChI is InChI=1S/C26H40N6O9S.Tb/c33-22(27-6-1-7-28-26(40)42)19-41-21-4-2-20(3-5-21)32-14-12-30(17-24(36)37)10-8-29(16-23(34)35)9-11-31(13-15-32)18-25(38)39;/h2-5H,1,6-19H2,(H,27,33)(H,34,35)(H,36,37)(H,38,39)(H2,28,40,42);/q;+3/p-3. The first-order valence-corrected chi connectivity index (χ1v) is 13.9. The summed E-state index contributed by atoms with van der Waals surface area (Å²) in [6.45, 7) is 1.96. The van der Waals surface area contributed by atoms with Crippen LogP contribution in [0, 0.1) is 38.6 Å². The van der Waals surface area contributed by atoms with Crippen molar-refractivity contribution in [2.75, 3.05) is 96.6 Å². The number of carboxylic acid groups (broad SMARTS) is 3. The molecule has 0 atom stereocenters. The van der Waals surface area contributed by atoms with E-state index >= 15 is 0 Å². The van der Waals surface area contributed by atoms with Crippen molar-refractivity contribution in [1.82, 2.24) is 25.3 Å². The van der Waals surface area contributed by atoms with Crippen LogP contribution in [0.4, 0.5) is 10.5 Å². The summed E-state index contributed by atoms with van der Waals surface area (Å²) in [6.07, 6.45) is 0.543.